The van der Waals surface area contributed by atoms with E-state index >= 15 is 0 Å². The standard InChI is InChI=1S/C39H26N4O/c1-4-13-25(14-5-1)37-40-38(26-15-6-2-7-16-26)42-39(41-37)32-21-12-20-30-31-24-23-29-28-19-10-11-22-33(28)43(27-17-8-3-9-18-27)34(29)36(31)44-35(30)32/h1-11,13-20,22-24H,12,21H2. The van der Waals surface area contributed by atoms with E-state index in [9.17, 15) is 0 Å². The summed E-state index contributed by atoms with van der Waals surface area (Å²) in [4.78, 5) is 15.0. The lowest BCUT2D eigenvalue weighted by molar-refractivity contribution is 0.569. The van der Waals surface area contributed by atoms with Gasteiger partial charge in [-0.3, -0.25) is 0 Å². The van der Waals surface area contributed by atoms with Crippen molar-refractivity contribution in [3.8, 4) is 28.5 Å². The highest BCUT2D eigenvalue weighted by Gasteiger charge is 2.22. The summed E-state index contributed by atoms with van der Waals surface area (Å²) in [5, 5.41) is 4.58. The molecule has 44 heavy (non-hydrogen) atoms. The molecule has 3 aromatic heterocycles. The highest BCUT2D eigenvalue weighted by Crippen LogP contribution is 2.36. The fraction of sp³-hybridized carbons (Fsp3) is 0.0513. The van der Waals surface area contributed by atoms with Crippen molar-refractivity contribution in [3.05, 3.63) is 144 Å². The third-order valence-corrected chi connectivity index (χ3v) is 8.53. The summed E-state index contributed by atoms with van der Waals surface area (Å²) < 4.78 is 9.29. The lowest BCUT2D eigenvalue weighted by Gasteiger charge is -2.11. The fourth-order valence-corrected chi connectivity index (χ4v) is 6.53. The Kier molecular flexibility index (Phi) is 5.56. The van der Waals surface area contributed by atoms with E-state index in [1.807, 2.05) is 60.7 Å². The van der Waals surface area contributed by atoms with Gasteiger partial charge in [-0.2, -0.15) is 0 Å². The Morgan fingerprint density at radius 2 is 1.14 bits per heavy atom. The van der Waals surface area contributed by atoms with E-state index in [2.05, 4.69) is 77.4 Å². The topological polar surface area (TPSA) is 56.7 Å². The molecule has 9 rings (SSSR count). The number of nitrogens with zero attached hydrogens (tertiary/aromatic N) is 4. The molecule has 0 aliphatic heterocycles. The van der Waals surface area contributed by atoms with Crippen molar-refractivity contribution in [3.63, 3.8) is 0 Å². The molecule has 0 saturated carbocycles. The van der Waals surface area contributed by atoms with Crippen molar-refractivity contribution in [1.29, 1.82) is 0 Å². The molecule has 1 aliphatic rings. The summed E-state index contributed by atoms with van der Waals surface area (Å²) in [5.41, 5.74) is 7.96. The van der Waals surface area contributed by atoms with E-state index < -0.39 is 0 Å². The van der Waals surface area contributed by atoms with Crippen LogP contribution < -0.4 is 10.6 Å². The molecule has 0 radical (unpaired) electrons. The van der Waals surface area contributed by atoms with Gasteiger partial charge in [0.25, 0.3) is 0 Å². The first kappa shape index (κ1) is 24.8. The van der Waals surface area contributed by atoms with Gasteiger partial charge in [0.05, 0.1) is 11.0 Å². The molecule has 0 spiro atoms. The van der Waals surface area contributed by atoms with Crippen molar-refractivity contribution >= 4 is 44.4 Å². The number of benzene rings is 5. The monoisotopic (exact) mass is 566 g/mol. The normalized spacial score (nSPS) is 13.0. The molecule has 8 aromatic rings. The van der Waals surface area contributed by atoms with Gasteiger partial charge in [-0.05, 0) is 37.1 Å². The van der Waals surface area contributed by atoms with Crippen LogP contribution in [0.1, 0.15) is 18.7 Å². The van der Waals surface area contributed by atoms with E-state index in [1.54, 1.807) is 0 Å². The van der Waals surface area contributed by atoms with Crippen LogP contribution in [0.25, 0.3) is 72.9 Å². The number of rotatable bonds is 4. The number of aromatic nitrogens is 4. The lowest BCUT2D eigenvalue weighted by atomic mass is 10.0. The zero-order valence-corrected chi connectivity index (χ0v) is 23.8. The Bertz CT molecular complexity index is 2420. The number of hydrogen-bond acceptors (Lipinski definition) is 4. The minimum atomic E-state index is 0.653. The molecular formula is C39H26N4O. The predicted molar refractivity (Wildman–Crippen MR) is 177 cm³/mol. The molecule has 0 bridgehead atoms. The number of hydrogen-bond donors (Lipinski definition) is 0. The number of para-hydroxylation sites is 2. The number of fused-ring (bicyclic) bond motifs is 7. The molecule has 1 aliphatic carbocycles. The molecule has 0 fully saturated rings. The summed E-state index contributed by atoms with van der Waals surface area (Å²) in [6.07, 6.45) is 3.96. The number of furan rings is 1. The van der Waals surface area contributed by atoms with Crippen LogP contribution in [0.3, 0.4) is 0 Å². The van der Waals surface area contributed by atoms with Gasteiger partial charge >= 0.3 is 0 Å². The average Bonchev–Trinajstić information content (AvgIpc) is 3.65. The maximum absolute atomic E-state index is 6.96. The van der Waals surface area contributed by atoms with Gasteiger partial charge in [-0.25, -0.2) is 15.0 Å². The maximum atomic E-state index is 6.96. The summed E-state index contributed by atoms with van der Waals surface area (Å²) in [5.74, 6) is 1.97. The SMILES string of the molecule is C1=c2c(oc3c2ccc2c4ccccc4n(-c4ccccc4)c23)=C(c2nc(-c3ccccc3)nc(-c3ccccc3)n2)CC1. The van der Waals surface area contributed by atoms with Crippen molar-refractivity contribution in [2.75, 3.05) is 0 Å². The quantitative estimate of drug-likeness (QED) is 0.218. The highest BCUT2D eigenvalue weighted by atomic mass is 16.3. The van der Waals surface area contributed by atoms with Crippen molar-refractivity contribution in [2.45, 2.75) is 12.8 Å². The van der Waals surface area contributed by atoms with Gasteiger partial charge < -0.3 is 8.98 Å². The molecule has 0 N–H and O–H groups in total. The third-order valence-electron chi connectivity index (χ3n) is 8.53. The Hall–Kier alpha value is -5.81. The Balaban J connectivity index is 1.37. The second kappa shape index (κ2) is 9.89. The molecule has 0 amide bonds. The van der Waals surface area contributed by atoms with Gasteiger partial charge in [0.15, 0.2) is 23.1 Å². The summed E-state index contributed by atoms with van der Waals surface area (Å²) in [7, 11) is 0. The first-order valence-electron chi connectivity index (χ1n) is 14.9. The van der Waals surface area contributed by atoms with Crippen LogP contribution in [0.2, 0.25) is 0 Å². The molecule has 0 unspecified atom stereocenters. The van der Waals surface area contributed by atoms with Crippen LogP contribution in [-0.2, 0) is 0 Å². The Labute approximate surface area is 253 Å². The second-order valence-corrected chi connectivity index (χ2v) is 11.1. The van der Waals surface area contributed by atoms with Crippen LogP contribution in [0, 0.1) is 0 Å². The molecule has 5 aromatic carbocycles. The molecule has 5 heteroatoms. The van der Waals surface area contributed by atoms with Crippen LogP contribution in [0.5, 0.6) is 0 Å². The largest absolute Gasteiger partial charge is 0.453 e. The van der Waals surface area contributed by atoms with Gasteiger partial charge in [-0.15, -0.1) is 0 Å². The summed E-state index contributed by atoms with van der Waals surface area (Å²) in [6, 6.07) is 43.8. The van der Waals surface area contributed by atoms with Crippen LogP contribution in [-0.4, -0.2) is 19.5 Å². The zero-order valence-electron chi connectivity index (χ0n) is 23.8. The first-order valence-corrected chi connectivity index (χ1v) is 14.9. The lowest BCUT2D eigenvalue weighted by Crippen LogP contribution is -2.27. The fourth-order valence-electron chi connectivity index (χ4n) is 6.53. The van der Waals surface area contributed by atoms with Crippen LogP contribution in [0.15, 0.2) is 132 Å². The smallest absolute Gasteiger partial charge is 0.164 e. The Morgan fingerprint density at radius 1 is 0.545 bits per heavy atom. The van der Waals surface area contributed by atoms with Gasteiger partial charge in [0, 0.05) is 43.8 Å². The molecule has 3 heterocycles. The van der Waals surface area contributed by atoms with E-state index in [0.29, 0.717) is 17.5 Å². The molecule has 0 saturated heterocycles. The van der Waals surface area contributed by atoms with E-state index in [4.69, 9.17) is 19.4 Å². The molecule has 0 atom stereocenters. The minimum absolute atomic E-state index is 0.653. The highest BCUT2D eigenvalue weighted by molar-refractivity contribution is 6.17. The van der Waals surface area contributed by atoms with E-state index in [0.717, 1.165) is 67.9 Å². The van der Waals surface area contributed by atoms with Gasteiger partial charge in [0.1, 0.15) is 5.42 Å². The van der Waals surface area contributed by atoms with Crippen LogP contribution >= 0.6 is 0 Å². The van der Waals surface area contributed by atoms with Gasteiger partial charge in [0.2, 0.25) is 0 Å². The maximum Gasteiger partial charge on any atom is 0.164 e. The third kappa shape index (κ3) is 3.83. The second-order valence-electron chi connectivity index (χ2n) is 11.1. The molecular weight excluding hydrogens is 540 g/mol. The zero-order chi connectivity index (χ0) is 29.0. The molecule has 5 nitrogen and oxygen atoms in total. The summed E-state index contributed by atoms with van der Waals surface area (Å²) >= 11 is 0. The minimum Gasteiger partial charge on any atom is -0.453 e. The van der Waals surface area contributed by atoms with Crippen LogP contribution in [0.4, 0.5) is 0 Å². The summed E-state index contributed by atoms with van der Waals surface area (Å²) in [6.45, 7) is 0. The van der Waals surface area contributed by atoms with E-state index in [-0.39, 0.29) is 0 Å². The molecule has 208 valence electrons. The van der Waals surface area contributed by atoms with Crippen molar-refractivity contribution < 1.29 is 4.42 Å². The van der Waals surface area contributed by atoms with E-state index in [1.165, 1.54) is 10.8 Å². The predicted octanol–water partition coefficient (Wildman–Crippen LogP) is 7.82. The van der Waals surface area contributed by atoms with Crippen molar-refractivity contribution in [2.24, 2.45) is 0 Å². The average molecular weight is 567 g/mol. The van der Waals surface area contributed by atoms with Gasteiger partial charge in [-0.1, -0.05) is 109 Å². The Morgan fingerprint density at radius 3 is 1.84 bits per heavy atom. The first-order chi connectivity index (χ1) is 21.8. The van der Waals surface area contributed by atoms with Crippen molar-refractivity contribution in [1.82, 2.24) is 19.5 Å².